The van der Waals surface area contributed by atoms with E-state index in [0.717, 1.165) is 22.2 Å². The number of para-hydroxylation sites is 1. The lowest BCUT2D eigenvalue weighted by atomic mass is 9.94. The Kier molecular flexibility index (Phi) is 8.60. The molecular formula is C28H32N4O4S. The summed E-state index contributed by atoms with van der Waals surface area (Å²) in [6.45, 7) is 6.59. The number of nitrogens with zero attached hydrogens (tertiary/aromatic N) is 2. The molecule has 2 aromatic carbocycles. The zero-order valence-corrected chi connectivity index (χ0v) is 22.3. The summed E-state index contributed by atoms with van der Waals surface area (Å²) in [5.74, 6) is -0.267. The Bertz CT molecular complexity index is 1350. The molecule has 0 aliphatic heterocycles. The number of rotatable bonds is 10. The smallest absolute Gasteiger partial charge is 0.269 e. The average Bonchev–Trinajstić information content (AvgIpc) is 3.32. The fraction of sp³-hybridized carbons (Fsp3) is 0.321. The Labute approximate surface area is 220 Å². The van der Waals surface area contributed by atoms with Crippen LogP contribution in [0.4, 0.5) is 0 Å². The Hall–Kier alpha value is -3.24. The summed E-state index contributed by atoms with van der Waals surface area (Å²) in [4.78, 5) is 17.2. The molecule has 2 atom stereocenters. The number of carbonyl (C=O) groups excluding carboxylic acids is 1. The van der Waals surface area contributed by atoms with Crippen LogP contribution in [0.25, 0.3) is 22.2 Å². The van der Waals surface area contributed by atoms with Crippen LogP contribution in [0.3, 0.4) is 0 Å². The highest BCUT2D eigenvalue weighted by atomic mass is 32.2. The Balaban J connectivity index is 1.70. The van der Waals surface area contributed by atoms with Gasteiger partial charge in [-0.2, -0.15) is 0 Å². The van der Waals surface area contributed by atoms with Crippen molar-refractivity contribution in [2.24, 2.45) is 0 Å². The van der Waals surface area contributed by atoms with E-state index in [1.165, 1.54) is 0 Å². The van der Waals surface area contributed by atoms with Crippen LogP contribution in [-0.4, -0.2) is 45.6 Å². The topological polar surface area (TPSA) is 112 Å². The minimum absolute atomic E-state index is 0.267. The van der Waals surface area contributed by atoms with Gasteiger partial charge in [-0.1, -0.05) is 47.6 Å². The summed E-state index contributed by atoms with van der Waals surface area (Å²) in [6, 6.07) is 20.6. The van der Waals surface area contributed by atoms with Crippen molar-refractivity contribution in [2.45, 2.75) is 38.0 Å². The third-order valence-electron chi connectivity index (χ3n) is 5.82. The zero-order valence-electron chi connectivity index (χ0n) is 21.5. The molecule has 2 aromatic heterocycles. The van der Waals surface area contributed by atoms with Crippen molar-refractivity contribution in [3.05, 3.63) is 83.7 Å². The van der Waals surface area contributed by atoms with Crippen LogP contribution in [0.5, 0.6) is 0 Å². The molecule has 0 aliphatic rings. The van der Waals surface area contributed by atoms with E-state index < -0.39 is 16.1 Å². The van der Waals surface area contributed by atoms with E-state index in [9.17, 15) is 9.35 Å². The fourth-order valence-electron chi connectivity index (χ4n) is 3.90. The van der Waals surface area contributed by atoms with Crippen molar-refractivity contribution >= 4 is 28.2 Å². The van der Waals surface area contributed by atoms with Gasteiger partial charge in [-0.3, -0.25) is 4.79 Å². The quantitative estimate of drug-likeness (QED) is 0.232. The van der Waals surface area contributed by atoms with Crippen molar-refractivity contribution in [3.63, 3.8) is 0 Å². The first-order chi connectivity index (χ1) is 17.8. The van der Waals surface area contributed by atoms with Crippen LogP contribution >= 0.6 is 0 Å². The van der Waals surface area contributed by atoms with Gasteiger partial charge in [0, 0.05) is 48.1 Å². The van der Waals surface area contributed by atoms with Gasteiger partial charge in [-0.05, 0) is 50.6 Å². The highest BCUT2D eigenvalue weighted by molar-refractivity contribution is 7.90. The number of amides is 1. The highest BCUT2D eigenvalue weighted by Crippen LogP contribution is 2.35. The number of fused-ring (bicyclic) bond motifs is 1. The predicted molar refractivity (Wildman–Crippen MR) is 145 cm³/mol. The number of pyridine rings is 1. The molecule has 1 unspecified atom stereocenters. The summed E-state index contributed by atoms with van der Waals surface area (Å²) >= 11 is -1.36. The molecule has 0 saturated carbocycles. The SMILES string of the molecule is COCCNC(=O)c1cccc(C[C@H](N[S+]([O-])C(C)(C)C)c2ccccc2-c2noc3ccccc23)n1. The molecule has 194 valence electrons. The maximum Gasteiger partial charge on any atom is 0.269 e. The second-order valence-electron chi connectivity index (χ2n) is 9.63. The lowest BCUT2D eigenvalue weighted by molar-refractivity contribution is 0.0932. The molecule has 8 nitrogen and oxygen atoms in total. The number of methoxy groups -OCH3 is 1. The van der Waals surface area contributed by atoms with E-state index in [2.05, 4.69) is 20.2 Å². The van der Waals surface area contributed by atoms with E-state index in [4.69, 9.17) is 9.26 Å². The molecule has 0 spiro atoms. The van der Waals surface area contributed by atoms with Gasteiger partial charge in [0.15, 0.2) is 5.58 Å². The zero-order chi connectivity index (χ0) is 26.4. The van der Waals surface area contributed by atoms with Gasteiger partial charge in [0.05, 0.1) is 12.6 Å². The first-order valence-corrected chi connectivity index (χ1v) is 13.3. The van der Waals surface area contributed by atoms with Crippen molar-refractivity contribution in [3.8, 4) is 11.3 Å². The Morgan fingerprint density at radius 2 is 1.84 bits per heavy atom. The number of aromatic nitrogens is 2. The van der Waals surface area contributed by atoms with E-state index in [1.807, 2.05) is 81.4 Å². The number of hydrogen-bond donors (Lipinski definition) is 2. The monoisotopic (exact) mass is 520 g/mol. The van der Waals surface area contributed by atoms with E-state index in [-0.39, 0.29) is 11.9 Å². The molecule has 9 heteroatoms. The van der Waals surface area contributed by atoms with Gasteiger partial charge < -0.3 is 19.1 Å². The van der Waals surface area contributed by atoms with Crippen LogP contribution in [-0.2, 0) is 22.5 Å². The third-order valence-corrected chi connectivity index (χ3v) is 7.43. The average molecular weight is 521 g/mol. The maximum absolute atomic E-state index is 13.2. The summed E-state index contributed by atoms with van der Waals surface area (Å²) in [6.07, 6.45) is 0.411. The number of hydrogen-bond acceptors (Lipinski definition) is 7. The third kappa shape index (κ3) is 6.56. The largest absolute Gasteiger partial charge is 0.598 e. The molecule has 0 radical (unpaired) electrons. The molecule has 0 saturated heterocycles. The molecule has 37 heavy (non-hydrogen) atoms. The van der Waals surface area contributed by atoms with E-state index in [1.54, 1.807) is 13.2 Å². The van der Waals surface area contributed by atoms with Gasteiger partial charge in [0.2, 0.25) is 0 Å². The molecule has 4 aromatic rings. The highest BCUT2D eigenvalue weighted by Gasteiger charge is 2.31. The van der Waals surface area contributed by atoms with Gasteiger partial charge in [-0.25, -0.2) is 4.98 Å². The minimum atomic E-state index is -1.36. The summed E-state index contributed by atoms with van der Waals surface area (Å²) in [5, 5.41) is 8.06. The number of carbonyl (C=O) groups is 1. The number of nitrogens with one attached hydrogen (secondary N) is 2. The lowest BCUT2D eigenvalue weighted by Crippen LogP contribution is -2.42. The van der Waals surface area contributed by atoms with Crippen molar-refractivity contribution in [1.82, 2.24) is 20.2 Å². The molecule has 1 amide bonds. The molecule has 2 N–H and O–H groups in total. The van der Waals surface area contributed by atoms with Gasteiger partial charge >= 0.3 is 0 Å². The standard InChI is InChI=1S/C28H32N4O4S/c1-28(2,3)37(34)32-24(18-19-10-9-14-23(30-19)27(33)29-16-17-35-4)20-11-5-6-12-21(20)26-22-13-7-8-15-25(22)36-31-26/h5-15,24,32H,16-18H2,1-4H3,(H,29,33)/t24-,37?/m0/s1. The van der Waals surface area contributed by atoms with Crippen LogP contribution < -0.4 is 10.0 Å². The van der Waals surface area contributed by atoms with Crippen LogP contribution in [0.15, 0.2) is 71.3 Å². The summed E-state index contributed by atoms with van der Waals surface area (Å²) in [5.41, 5.74) is 4.23. The molecule has 0 aliphatic carbocycles. The van der Waals surface area contributed by atoms with Crippen molar-refractivity contribution < 1.29 is 18.6 Å². The maximum atomic E-state index is 13.2. The lowest BCUT2D eigenvalue weighted by Gasteiger charge is -2.29. The minimum Gasteiger partial charge on any atom is -0.598 e. The fourth-order valence-corrected chi connectivity index (χ4v) is 4.73. The number of ether oxygens (including phenoxy) is 1. The summed E-state index contributed by atoms with van der Waals surface area (Å²) in [7, 11) is 1.58. The van der Waals surface area contributed by atoms with Gasteiger partial charge in [-0.15, -0.1) is 4.72 Å². The number of benzene rings is 2. The molecular weight excluding hydrogens is 488 g/mol. The normalized spacial score (nSPS) is 13.4. The van der Waals surface area contributed by atoms with E-state index in [0.29, 0.717) is 36.5 Å². The van der Waals surface area contributed by atoms with Gasteiger partial charge in [0.25, 0.3) is 5.91 Å². The second kappa shape index (κ2) is 11.9. The van der Waals surface area contributed by atoms with Crippen LogP contribution in [0.1, 0.15) is 48.6 Å². The predicted octanol–water partition coefficient (Wildman–Crippen LogP) is 4.60. The van der Waals surface area contributed by atoms with Crippen LogP contribution in [0.2, 0.25) is 0 Å². The first kappa shape index (κ1) is 26.8. The molecule has 2 heterocycles. The first-order valence-electron chi connectivity index (χ1n) is 12.1. The second-order valence-corrected chi connectivity index (χ2v) is 11.6. The summed E-state index contributed by atoms with van der Waals surface area (Å²) < 4.78 is 26.7. The Morgan fingerprint density at radius 1 is 1.08 bits per heavy atom. The molecule has 4 rings (SSSR count). The van der Waals surface area contributed by atoms with E-state index >= 15 is 0 Å². The molecule has 0 bridgehead atoms. The van der Waals surface area contributed by atoms with Crippen LogP contribution in [0, 0.1) is 0 Å². The molecule has 0 fully saturated rings. The van der Waals surface area contributed by atoms with Crippen molar-refractivity contribution in [1.29, 1.82) is 0 Å². The Morgan fingerprint density at radius 3 is 2.62 bits per heavy atom. The van der Waals surface area contributed by atoms with Crippen molar-refractivity contribution in [2.75, 3.05) is 20.3 Å². The van der Waals surface area contributed by atoms with Gasteiger partial charge in [0.1, 0.15) is 16.1 Å².